The summed E-state index contributed by atoms with van der Waals surface area (Å²) < 4.78 is 1.91. The van der Waals surface area contributed by atoms with E-state index in [-0.39, 0.29) is 0 Å². The maximum absolute atomic E-state index is 4.75. The average molecular weight is 376 g/mol. The van der Waals surface area contributed by atoms with Crippen molar-refractivity contribution >= 4 is 0 Å². The van der Waals surface area contributed by atoms with Crippen molar-refractivity contribution in [2.45, 2.75) is 51.1 Å². The Morgan fingerprint density at radius 1 is 1.04 bits per heavy atom. The predicted octanol–water partition coefficient (Wildman–Crippen LogP) is 4.56. The second-order valence-electron chi connectivity index (χ2n) is 8.00. The van der Waals surface area contributed by atoms with Crippen molar-refractivity contribution in [3.63, 3.8) is 0 Å². The maximum Gasteiger partial charge on any atom is 0.0968 e. The zero-order valence-corrected chi connectivity index (χ0v) is 16.9. The lowest BCUT2D eigenvalue weighted by Crippen LogP contribution is -2.18. The topological polar surface area (TPSA) is 46.8 Å². The van der Waals surface area contributed by atoms with E-state index in [9.17, 15) is 0 Å². The molecule has 0 unspecified atom stereocenters. The molecule has 5 heteroatoms. The third kappa shape index (κ3) is 4.47. The molecule has 1 aromatic carbocycles. The molecule has 2 heterocycles. The first-order valence-corrected chi connectivity index (χ1v) is 10.3. The number of aromatic nitrogens is 4. The molecule has 0 bridgehead atoms. The molecular formula is C23H29N5. The van der Waals surface area contributed by atoms with Crippen LogP contribution in [-0.4, -0.2) is 31.7 Å². The minimum Gasteiger partial charge on any atom is -0.296 e. The van der Waals surface area contributed by atoms with Crippen LogP contribution in [0.5, 0.6) is 0 Å². The molecular weight excluding hydrogens is 346 g/mol. The normalized spacial score (nSPS) is 15.2. The highest BCUT2D eigenvalue weighted by Crippen LogP contribution is 2.33. The van der Waals surface area contributed by atoms with E-state index < -0.39 is 0 Å². The predicted molar refractivity (Wildman–Crippen MR) is 112 cm³/mol. The summed E-state index contributed by atoms with van der Waals surface area (Å²) in [5, 5.41) is 4.75. The van der Waals surface area contributed by atoms with Gasteiger partial charge in [0.05, 0.1) is 11.4 Å². The van der Waals surface area contributed by atoms with Gasteiger partial charge in [-0.2, -0.15) is 5.10 Å². The Kier molecular flexibility index (Phi) is 5.81. The van der Waals surface area contributed by atoms with Crippen molar-refractivity contribution in [2.75, 3.05) is 7.05 Å². The lowest BCUT2D eigenvalue weighted by atomic mass is 9.84. The molecule has 28 heavy (non-hydrogen) atoms. The summed E-state index contributed by atoms with van der Waals surface area (Å²) in [4.78, 5) is 10.8. The van der Waals surface area contributed by atoms with Gasteiger partial charge >= 0.3 is 0 Å². The molecule has 0 radical (unpaired) electrons. The highest BCUT2D eigenvalue weighted by atomic mass is 15.3. The van der Waals surface area contributed by atoms with E-state index in [0.29, 0.717) is 0 Å². The fourth-order valence-electron chi connectivity index (χ4n) is 4.28. The number of hydrogen-bond acceptors (Lipinski definition) is 4. The molecule has 4 rings (SSSR count). The fraction of sp³-hybridized carbons (Fsp3) is 0.435. The Morgan fingerprint density at radius 2 is 1.82 bits per heavy atom. The zero-order chi connectivity index (χ0) is 19.3. The highest BCUT2D eigenvalue weighted by Gasteiger charge is 2.17. The molecule has 1 saturated carbocycles. The van der Waals surface area contributed by atoms with Crippen molar-refractivity contribution < 1.29 is 0 Å². The molecule has 3 aromatic rings. The van der Waals surface area contributed by atoms with E-state index in [1.165, 1.54) is 48.8 Å². The van der Waals surface area contributed by atoms with Crippen molar-refractivity contribution in [3.05, 3.63) is 65.9 Å². The van der Waals surface area contributed by atoms with Crippen LogP contribution in [0.25, 0.3) is 11.3 Å². The summed E-state index contributed by atoms with van der Waals surface area (Å²) >= 11 is 0. The lowest BCUT2D eigenvalue weighted by molar-refractivity contribution is 0.315. The van der Waals surface area contributed by atoms with Crippen molar-refractivity contribution in [3.8, 4) is 11.3 Å². The summed E-state index contributed by atoms with van der Waals surface area (Å²) in [6, 6.07) is 9.12. The molecule has 0 saturated heterocycles. The molecule has 0 N–H and O–H groups in total. The van der Waals surface area contributed by atoms with Crippen molar-refractivity contribution in [1.29, 1.82) is 0 Å². The van der Waals surface area contributed by atoms with Gasteiger partial charge in [0.1, 0.15) is 0 Å². The van der Waals surface area contributed by atoms with E-state index in [0.717, 1.165) is 30.4 Å². The number of nitrogens with zero attached hydrogens (tertiary/aromatic N) is 5. The monoisotopic (exact) mass is 375 g/mol. The maximum atomic E-state index is 4.75. The number of rotatable bonds is 6. The minimum absolute atomic E-state index is 0.740. The molecule has 0 atom stereocenters. The number of benzene rings is 1. The largest absolute Gasteiger partial charge is 0.296 e. The zero-order valence-electron chi connectivity index (χ0n) is 16.9. The summed E-state index contributed by atoms with van der Waals surface area (Å²) in [5.74, 6) is 0.740. The van der Waals surface area contributed by atoms with Gasteiger partial charge in [-0.25, -0.2) is 0 Å². The third-order valence-electron chi connectivity index (χ3n) is 5.65. The summed E-state index contributed by atoms with van der Waals surface area (Å²) in [6.45, 7) is 1.59. The van der Waals surface area contributed by atoms with Gasteiger partial charge in [-0.3, -0.25) is 19.5 Å². The molecule has 0 spiro atoms. The van der Waals surface area contributed by atoms with Crippen LogP contribution in [0.3, 0.4) is 0 Å². The molecule has 0 amide bonds. The smallest absolute Gasteiger partial charge is 0.0968 e. The first-order chi connectivity index (χ1) is 13.7. The van der Waals surface area contributed by atoms with E-state index in [1.807, 2.05) is 17.9 Å². The Morgan fingerprint density at radius 3 is 2.54 bits per heavy atom. The summed E-state index contributed by atoms with van der Waals surface area (Å²) in [5.41, 5.74) is 5.97. The Bertz CT molecular complexity index is 879. The van der Waals surface area contributed by atoms with Crippen LogP contribution in [-0.2, 0) is 20.1 Å². The van der Waals surface area contributed by atoms with Crippen LogP contribution in [0.2, 0.25) is 0 Å². The summed E-state index contributed by atoms with van der Waals surface area (Å²) in [6.07, 6.45) is 14.2. The van der Waals surface area contributed by atoms with Crippen LogP contribution >= 0.6 is 0 Å². The van der Waals surface area contributed by atoms with Gasteiger partial charge in [-0.05, 0) is 31.4 Å². The standard InChI is InChI=1S/C23H29N5/c1-27(17-22-14-24-12-13-25-22)15-21-16-28(2)26-23(21)20-10-8-19(9-11-20)18-6-4-3-5-7-18/h8-14,16,18H,3-7,15,17H2,1-2H3. The second-order valence-corrected chi connectivity index (χ2v) is 8.00. The SMILES string of the molecule is CN(Cc1cnccn1)Cc1cn(C)nc1-c1ccc(C2CCCCC2)cc1. The Hall–Kier alpha value is -2.53. The first kappa shape index (κ1) is 18.8. The molecule has 5 nitrogen and oxygen atoms in total. The fourth-order valence-corrected chi connectivity index (χ4v) is 4.28. The van der Waals surface area contributed by atoms with Crippen LogP contribution in [0, 0.1) is 0 Å². The Labute approximate surface area is 167 Å². The quantitative estimate of drug-likeness (QED) is 0.634. The van der Waals surface area contributed by atoms with Gasteiger partial charge < -0.3 is 0 Å². The van der Waals surface area contributed by atoms with E-state index in [2.05, 4.69) is 52.4 Å². The molecule has 2 aromatic heterocycles. The van der Waals surface area contributed by atoms with Gasteiger partial charge in [0, 0.05) is 56.1 Å². The van der Waals surface area contributed by atoms with Crippen molar-refractivity contribution in [2.24, 2.45) is 7.05 Å². The van der Waals surface area contributed by atoms with Gasteiger partial charge in [-0.1, -0.05) is 43.5 Å². The van der Waals surface area contributed by atoms with Gasteiger partial charge in [0.2, 0.25) is 0 Å². The van der Waals surface area contributed by atoms with E-state index in [1.54, 1.807) is 12.4 Å². The van der Waals surface area contributed by atoms with Crippen LogP contribution < -0.4 is 0 Å². The first-order valence-electron chi connectivity index (χ1n) is 10.3. The molecule has 1 aliphatic carbocycles. The van der Waals surface area contributed by atoms with Crippen LogP contribution in [0.4, 0.5) is 0 Å². The lowest BCUT2D eigenvalue weighted by Gasteiger charge is -2.22. The molecule has 0 aliphatic heterocycles. The van der Waals surface area contributed by atoms with Gasteiger partial charge in [0.25, 0.3) is 0 Å². The van der Waals surface area contributed by atoms with Gasteiger partial charge in [-0.15, -0.1) is 0 Å². The highest BCUT2D eigenvalue weighted by molar-refractivity contribution is 5.63. The third-order valence-corrected chi connectivity index (χ3v) is 5.65. The molecule has 1 aliphatic rings. The average Bonchev–Trinajstić information content (AvgIpc) is 3.09. The van der Waals surface area contributed by atoms with E-state index >= 15 is 0 Å². The van der Waals surface area contributed by atoms with Gasteiger partial charge in [0.15, 0.2) is 0 Å². The minimum atomic E-state index is 0.740. The van der Waals surface area contributed by atoms with Crippen LogP contribution in [0.1, 0.15) is 54.8 Å². The number of hydrogen-bond donors (Lipinski definition) is 0. The van der Waals surface area contributed by atoms with E-state index in [4.69, 9.17) is 5.10 Å². The molecule has 146 valence electrons. The molecule has 1 fully saturated rings. The Balaban J connectivity index is 1.49. The van der Waals surface area contributed by atoms with Crippen molar-refractivity contribution in [1.82, 2.24) is 24.6 Å². The number of aryl methyl sites for hydroxylation is 1. The second kappa shape index (κ2) is 8.65. The summed E-state index contributed by atoms with van der Waals surface area (Å²) in [7, 11) is 4.10. The van der Waals surface area contributed by atoms with Crippen LogP contribution in [0.15, 0.2) is 49.1 Å².